The number of carbonyl (C=O) groups is 1. The van der Waals surface area contributed by atoms with Crippen LogP contribution in [0.3, 0.4) is 0 Å². The van der Waals surface area contributed by atoms with Crippen molar-refractivity contribution < 1.29 is 9.90 Å². The highest BCUT2D eigenvalue weighted by Gasteiger charge is 2.15. The minimum absolute atomic E-state index is 0.532. The molecular weight excluding hydrogens is 230 g/mol. The van der Waals surface area contributed by atoms with E-state index in [9.17, 15) is 9.90 Å². The summed E-state index contributed by atoms with van der Waals surface area (Å²) in [5, 5.41) is 13.5. The van der Waals surface area contributed by atoms with E-state index in [4.69, 9.17) is 0 Å². The lowest BCUT2D eigenvalue weighted by atomic mass is 10.1. The second-order valence-electron chi connectivity index (χ2n) is 3.67. The predicted octanol–water partition coefficient (Wildman–Crippen LogP) is 1.20. The number of hydrazone groups is 1. The van der Waals surface area contributed by atoms with Gasteiger partial charge in [0.2, 0.25) is 0 Å². The molecule has 0 radical (unpaired) electrons. The Kier molecular flexibility index (Phi) is 3.88. The van der Waals surface area contributed by atoms with Crippen LogP contribution in [-0.4, -0.2) is 22.2 Å². The molecule has 0 saturated heterocycles. The number of aliphatic hydroxyl groups is 1. The Labute approximate surface area is 104 Å². The molecular formula is C13H13N3O2. The van der Waals surface area contributed by atoms with Crippen molar-refractivity contribution in [2.24, 2.45) is 5.10 Å². The summed E-state index contributed by atoms with van der Waals surface area (Å²) >= 11 is 0. The van der Waals surface area contributed by atoms with Crippen molar-refractivity contribution in [2.75, 3.05) is 0 Å². The Hall–Kier alpha value is -2.40. The zero-order valence-electron chi connectivity index (χ0n) is 9.58. The highest BCUT2D eigenvalue weighted by Crippen LogP contribution is 2.11. The number of amides is 1. The molecule has 1 heterocycles. The number of benzene rings is 1. The fourth-order valence-corrected chi connectivity index (χ4v) is 1.44. The Morgan fingerprint density at radius 2 is 2.06 bits per heavy atom. The van der Waals surface area contributed by atoms with Crippen molar-refractivity contribution in [3.8, 4) is 0 Å². The van der Waals surface area contributed by atoms with Gasteiger partial charge in [0, 0.05) is 6.20 Å². The molecule has 0 aliphatic heterocycles. The molecule has 0 aliphatic carbocycles. The molecule has 1 aromatic heterocycles. The summed E-state index contributed by atoms with van der Waals surface area (Å²) in [6.07, 6.45) is 2.00. The molecule has 92 valence electrons. The number of aromatic nitrogens is 1. The minimum atomic E-state index is -1.22. The molecule has 1 aromatic carbocycles. The number of rotatable bonds is 4. The highest BCUT2D eigenvalue weighted by molar-refractivity contribution is 5.84. The third kappa shape index (κ3) is 3.05. The largest absolute Gasteiger partial charge is 0.378 e. The lowest BCUT2D eigenvalue weighted by Gasteiger charge is -2.08. The van der Waals surface area contributed by atoms with Crippen molar-refractivity contribution >= 4 is 12.1 Å². The molecule has 2 aromatic rings. The summed E-state index contributed by atoms with van der Waals surface area (Å²) in [6, 6.07) is 12.3. The highest BCUT2D eigenvalue weighted by atomic mass is 16.3. The van der Waals surface area contributed by atoms with Crippen LogP contribution in [0.1, 0.15) is 17.4 Å². The molecule has 1 amide bonds. The molecule has 3 N–H and O–H groups in total. The van der Waals surface area contributed by atoms with Gasteiger partial charge >= 0.3 is 0 Å². The average Bonchev–Trinajstić information content (AvgIpc) is 2.92. The van der Waals surface area contributed by atoms with Gasteiger partial charge in [0.05, 0.1) is 11.9 Å². The second kappa shape index (κ2) is 5.79. The monoisotopic (exact) mass is 243 g/mol. The molecule has 0 aliphatic rings. The first-order valence-electron chi connectivity index (χ1n) is 5.46. The van der Waals surface area contributed by atoms with Crippen LogP contribution in [-0.2, 0) is 4.79 Å². The molecule has 0 fully saturated rings. The maximum absolute atomic E-state index is 11.6. The number of hydrogen-bond acceptors (Lipinski definition) is 3. The van der Waals surface area contributed by atoms with Gasteiger partial charge in [-0.25, -0.2) is 5.43 Å². The van der Waals surface area contributed by atoms with E-state index in [1.807, 2.05) is 18.2 Å². The number of nitrogens with one attached hydrogen (secondary N) is 2. The Balaban J connectivity index is 1.92. The average molecular weight is 243 g/mol. The van der Waals surface area contributed by atoms with Crippen LogP contribution in [0.15, 0.2) is 53.8 Å². The predicted molar refractivity (Wildman–Crippen MR) is 67.9 cm³/mol. The standard InChI is InChI=1S/C13H13N3O2/c17-12(10-5-2-1-3-6-10)13(18)16-15-9-11-7-4-8-14-11/h1-9,12,14,17H,(H,16,18). The van der Waals surface area contributed by atoms with Gasteiger partial charge in [-0.05, 0) is 17.7 Å². The van der Waals surface area contributed by atoms with Gasteiger partial charge in [-0.3, -0.25) is 4.79 Å². The SMILES string of the molecule is O=C(NN=Cc1ccc[nH]1)C(O)c1ccccc1. The van der Waals surface area contributed by atoms with Crippen LogP contribution in [0.25, 0.3) is 0 Å². The van der Waals surface area contributed by atoms with Crippen molar-refractivity contribution in [1.29, 1.82) is 0 Å². The Morgan fingerprint density at radius 1 is 1.28 bits per heavy atom. The number of nitrogens with zero attached hydrogens (tertiary/aromatic N) is 1. The maximum Gasteiger partial charge on any atom is 0.273 e. The molecule has 5 heteroatoms. The molecule has 0 bridgehead atoms. The van der Waals surface area contributed by atoms with Crippen LogP contribution >= 0.6 is 0 Å². The van der Waals surface area contributed by atoms with E-state index >= 15 is 0 Å². The molecule has 18 heavy (non-hydrogen) atoms. The van der Waals surface area contributed by atoms with Gasteiger partial charge in [0.15, 0.2) is 6.10 Å². The molecule has 2 rings (SSSR count). The number of carbonyl (C=O) groups excluding carboxylic acids is 1. The minimum Gasteiger partial charge on any atom is -0.378 e. The lowest BCUT2D eigenvalue weighted by Crippen LogP contribution is -2.25. The summed E-state index contributed by atoms with van der Waals surface area (Å²) in [7, 11) is 0. The molecule has 0 saturated carbocycles. The van der Waals surface area contributed by atoms with Crippen molar-refractivity contribution in [1.82, 2.24) is 10.4 Å². The van der Waals surface area contributed by atoms with Gasteiger partial charge < -0.3 is 10.1 Å². The first kappa shape index (κ1) is 12.1. The third-order valence-electron chi connectivity index (χ3n) is 2.36. The molecule has 5 nitrogen and oxygen atoms in total. The van der Waals surface area contributed by atoms with Crippen LogP contribution in [0, 0.1) is 0 Å². The summed E-state index contributed by atoms with van der Waals surface area (Å²) < 4.78 is 0. The summed E-state index contributed by atoms with van der Waals surface area (Å²) in [6.45, 7) is 0. The van der Waals surface area contributed by atoms with E-state index in [0.29, 0.717) is 5.56 Å². The quantitative estimate of drug-likeness (QED) is 0.557. The number of aromatic amines is 1. The van der Waals surface area contributed by atoms with Crippen molar-refractivity contribution in [3.05, 3.63) is 59.9 Å². The van der Waals surface area contributed by atoms with Crippen LogP contribution in [0.5, 0.6) is 0 Å². The third-order valence-corrected chi connectivity index (χ3v) is 2.36. The second-order valence-corrected chi connectivity index (χ2v) is 3.67. The van der Waals surface area contributed by atoms with E-state index in [-0.39, 0.29) is 0 Å². The summed E-state index contributed by atoms with van der Waals surface area (Å²) in [5.74, 6) is -0.566. The summed E-state index contributed by atoms with van der Waals surface area (Å²) in [5.41, 5.74) is 3.58. The van der Waals surface area contributed by atoms with E-state index in [0.717, 1.165) is 5.69 Å². The lowest BCUT2D eigenvalue weighted by molar-refractivity contribution is -0.129. The number of H-pyrrole nitrogens is 1. The van der Waals surface area contributed by atoms with E-state index < -0.39 is 12.0 Å². The normalized spacial score (nSPS) is 12.5. The first-order chi connectivity index (χ1) is 8.77. The van der Waals surface area contributed by atoms with Crippen LogP contribution < -0.4 is 5.43 Å². The summed E-state index contributed by atoms with van der Waals surface area (Å²) in [4.78, 5) is 14.5. The Morgan fingerprint density at radius 3 is 2.72 bits per heavy atom. The number of aliphatic hydroxyl groups excluding tert-OH is 1. The first-order valence-corrected chi connectivity index (χ1v) is 5.46. The zero-order chi connectivity index (χ0) is 12.8. The van der Waals surface area contributed by atoms with Crippen molar-refractivity contribution in [2.45, 2.75) is 6.10 Å². The van der Waals surface area contributed by atoms with Gasteiger partial charge in [-0.15, -0.1) is 0 Å². The van der Waals surface area contributed by atoms with Gasteiger partial charge in [-0.1, -0.05) is 30.3 Å². The molecule has 1 unspecified atom stereocenters. The number of hydrogen-bond donors (Lipinski definition) is 3. The van der Waals surface area contributed by atoms with Crippen LogP contribution in [0.2, 0.25) is 0 Å². The van der Waals surface area contributed by atoms with Gasteiger partial charge in [0.25, 0.3) is 5.91 Å². The maximum atomic E-state index is 11.6. The van der Waals surface area contributed by atoms with E-state index in [1.54, 1.807) is 30.5 Å². The fourth-order valence-electron chi connectivity index (χ4n) is 1.44. The fraction of sp³-hybridized carbons (Fsp3) is 0.0769. The van der Waals surface area contributed by atoms with Gasteiger partial charge in [-0.2, -0.15) is 5.10 Å². The molecule has 0 spiro atoms. The van der Waals surface area contributed by atoms with Crippen LogP contribution in [0.4, 0.5) is 0 Å². The smallest absolute Gasteiger partial charge is 0.273 e. The van der Waals surface area contributed by atoms with E-state index in [2.05, 4.69) is 15.5 Å². The molecule has 1 atom stereocenters. The van der Waals surface area contributed by atoms with E-state index in [1.165, 1.54) is 6.21 Å². The topological polar surface area (TPSA) is 77.5 Å². The van der Waals surface area contributed by atoms with Crippen molar-refractivity contribution in [3.63, 3.8) is 0 Å². The Bertz CT molecular complexity index is 520. The zero-order valence-corrected chi connectivity index (χ0v) is 9.58. The van der Waals surface area contributed by atoms with Gasteiger partial charge in [0.1, 0.15) is 0 Å².